The highest BCUT2D eigenvalue weighted by Gasteiger charge is 2.30. The zero-order chi connectivity index (χ0) is 17.9. The maximum Gasteiger partial charge on any atom is 0.416 e. The van der Waals surface area contributed by atoms with E-state index in [1.165, 1.54) is 23.5 Å². The van der Waals surface area contributed by atoms with Crippen molar-refractivity contribution < 1.29 is 18.0 Å². The molecule has 0 unspecified atom stereocenters. The van der Waals surface area contributed by atoms with Crippen molar-refractivity contribution in [2.45, 2.75) is 12.6 Å². The Morgan fingerprint density at radius 1 is 1.08 bits per heavy atom. The molecule has 0 radical (unpaired) electrons. The summed E-state index contributed by atoms with van der Waals surface area (Å²) >= 11 is 1.30. The van der Waals surface area contributed by atoms with Crippen LogP contribution in [0.4, 0.5) is 18.3 Å². The summed E-state index contributed by atoms with van der Waals surface area (Å²) < 4.78 is 38.2. The first-order valence-electron chi connectivity index (χ1n) is 7.39. The first-order valence-corrected chi connectivity index (χ1v) is 8.21. The molecule has 0 atom stereocenters. The molecule has 0 saturated carbocycles. The number of carbonyl (C=O) groups excluding carboxylic acids is 1. The molecule has 3 aromatic rings. The first kappa shape index (κ1) is 17.2. The Labute approximate surface area is 146 Å². The van der Waals surface area contributed by atoms with E-state index in [2.05, 4.69) is 10.3 Å². The molecule has 7 heteroatoms. The molecule has 2 aromatic carbocycles. The Balaban J connectivity index is 1.70. The van der Waals surface area contributed by atoms with E-state index in [1.54, 1.807) is 6.20 Å². The van der Waals surface area contributed by atoms with Crippen molar-refractivity contribution in [3.05, 3.63) is 82.4 Å². The normalized spacial score (nSPS) is 11.3. The number of nitrogens with one attached hydrogen (secondary N) is 1. The Morgan fingerprint density at radius 3 is 2.56 bits per heavy atom. The summed E-state index contributed by atoms with van der Waals surface area (Å²) in [5.74, 6) is -0.619. The van der Waals surface area contributed by atoms with Gasteiger partial charge in [-0.25, -0.2) is 4.98 Å². The van der Waals surface area contributed by atoms with E-state index in [9.17, 15) is 18.0 Å². The predicted molar refractivity (Wildman–Crippen MR) is 90.8 cm³/mol. The third-order valence-corrected chi connectivity index (χ3v) is 4.36. The molecule has 1 N–H and O–H groups in total. The average molecular weight is 362 g/mol. The minimum absolute atomic E-state index is 0.0605. The highest BCUT2D eigenvalue weighted by molar-refractivity contribution is 7.15. The smallest absolute Gasteiger partial charge is 0.298 e. The van der Waals surface area contributed by atoms with E-state index in [4.69, 9.17) is 0 Å². The molecule has 0 fully saturated rings. The lowest BCUT2D eigenvalue weighted by Gasteiger charge is -2.08. The van der Waals surface area contributed by atoms with Crippen LogP contribution >= 0.6 is 11.3 Å². The Hall–Kier alpha value is -2.67. The fourth-order valence-corrected chi connectivity index (χ4v) is 3.09. The number of nitrogens with zero attached hydrogens (tertiary/aromatic N) is 1. The van der Waals surface area contributed by atoms with Gasteiger partial charge in [-0.3, -0.25) is 10.1 Å². The van der Waals surface area contributed by atoms with Gasteiger partial charge in [0.1, 0.15) is 0 Å². The molecule has 0 aliphatic heterocycles. The second kappa shape index (κ2) is 7.06. The van der Waals surface area contributed by atoms with Crippen molar-refractivity contribution in [3.8, 4) is 0 Å². The zero-order valence-corrected chi connectivity index (χ0v) is 13.7. The van der Waals surface area contributed by atoms with Crippen LogP contribution in [0, 0.1) is 0 Å². The van der Waals surface area contributed by atoms with Gasteiger partial charge in [-0.05, 0) is 23.8 Å². The monoisotopic (exact) mass is 362 g/mol. The quantitative estimate of drug-likeness (QED) is 0.709. The highest BCUT2D eigenvalue weighted by Crippen LogP contribution is 2.30. The van der Waals surface area contributed by atoms with Crippen LogP contribution in [0.3, 0.4) is 0 Å². The fourth-order valence-electron chi connectivity index (χ4n) is 2.25. The Morgan fingerprint density at radius 2 is 1.84 bits per heavy atom. The molecule has 0 aliphatic rings. The lowest BCUT2D eigenvalue weighted by Crippen LogP contribution is -2.13. The molecular weight excluding hydrogens is 349 g/mol. The van der Waals surface area contributed by atoms with Crippen molar-refractivity contribution in [2.24, 2.45) is 0 Å². The van der Waals surface area contributed by atoms with Crippen LogP contribution in [-0.4, -0.2) is 10.9 Å². The highest BCUT2D eigenvalue weighted by atomic mass is 32.1. The number of hydrogen-bond donors (Lipinski definition) is 1. The molecular formula is C18H13F3N2OS. The van der Waals surface area contributed by atoms with Crippen LogP contribution in [0.1, 0.15) is 26.4 Å². The maximum atomic E-state index is 12.7. The van der Waals surface area contributed by atoms with Gasteiger partial charge >= 0.3 is 6.18 Å². The lowest BCUT2D eigenvalue weighted by molar-refractivity contribution is -0.137. The number of amides is 1. The standard InChI is InChI=1S/C18H13F3N2OS/c19-18(20,21)14-8-4-7-13(10-14)16(24)23-17-22-11-15(25-17)9-12-5-2-1-3-6-12/h1-8,10-11H,9H2,(H,22,23,24). The number of halogens is 3. The van der Waals surface area contributed by atoms with Crippen molar-refractivity contribution in [2.75, 3.05) is 5.32 Å². The molecule has 25 heavy (non-hydrogen) atoms. The molecule has 1 heterocycles. The van der Waals surface area contributed by atoms with Gasteiger partial charge in [-0.15, -0.1) is 11.3 Å². The summed E-state index contributed by atoms with van der Waals surface area (Å²) in [6.07, 6.45) is -2.16. The fraction of sp³-hybridized carbons (Fsp3) is 0.111. The number of rotatable bonds is 4. The summed E-state index contributed by atoms with van der Waals surface area (Å²) in [5, 5.41) is 2.90. The number of aromatic nitrogens is 1. The van der Waals surface area contributed by atoms with Gasteiger partial charge in [0.25, 0.3) is 5.91 Å². The van der Waals surface area contributed by atoms with Gasteiger partial charge in [-0.2, -0.15) is 13.2 Å². The largest absolute Gasteiger partial charge is 0.416 e. The number of hydrogen-bond acceptors (Lipinski definition) is 3. The SMILES string of the molecule is O=C(Nc1ncc(Cc2ccccc2)s1)c1cccc(C(F)(F)F)c1. The van der Waals surface area contributed by atoms with Crippen LogP contribution in [0.25, 0.3) is 0 Å². The van der Waals surface area contributed by atoms with Gasteiger partial charge in [0.05, 0.1) is 5.56 Å². The lowest BCUT2D eigenvalue weighted by atomic mass is 10.1. The second-order valence-electron chi connectivity index (χ2n) is 5.33. The second-order valence-corrected chi connectivity index (χ2v) is 6.44. The van der Waals surface area contributed by atoms with Crippen LogP contribution in [-0.2, 0) is 12.6 Å². The van der Waals surface area contributed by atoms with Crippen LogP contribution in [0.5, 0.6) is 0 Å². The molecule has 0 spiro atoms. The summed E-state index contributed by atoms with van der Waals surface area (Å²) in [5.41, 5.74) is 0.195. The first-order chi connectivity index (χ1) is 11.9. The summed E-state index contributed by atoms with van der Waals surface area (Å²) in [6, 6.07) is 14.1. The minimum atomic E-state index is -4.49. The van der Waals surface area contributed by atoms with E-state index in [0.717, 1.165) is 22.6 Å². The number of carbonyl (C=O) groups is 1. The minimum Gasteiger partial charge on any atom is -0.298 e. The molecule has 1 amide bonds. The third kappa shape index (κ3) is 4.45. The summed E-state index contributed by atoms with van der Waals surface area (Å²) in [6.45, 7) is 0. The van der Waals surface area contributed by atoms with Crippen LogP contribution in [0.15, 0.2) is 60.8 Å². The van der Waals surface area contributed by atoms with Gasteiger partial charge in [0, 0.05) is 23.1 Å². The number of benzene rings is 2. The molecule has 0 saturated heterocycles. The zero-order valence-electron chi connectivity index (χ0n) is 12.9. The van der Waals surface area contributed by atoms with E-state index in [-0.39, 0.29) is 5.56 Å². The molecule has 0 aliphatic carbocycles. The number of thiazole rings is 1. The number of anilines is 1. The van der Waals surface area contributed by atoms with E-state index < -0.39 is 17.6 Å². The van der Waals surface area contributed by atoms with Gasteiger partial charge < -0.3 is 0 Å². The van der Waals surface area contributed by atoms with E-state index >= 15 is 0 Å². The molecule has 1 aromatic heterocycles. The van der Waals surface area contributed by atoms with Gasteiger partial charge in [-0.1, -0.05) is 36.4 Å². The topological polar surface area (TPSA) is 42.0 Å². The Bertz CT molecular complexity index is 875. The molecule has 3 nitrogen and oxygen atoms in total. The molecule has 128 valence electrons. The van der Waals surface area contributed by atoms with Gasteiger partial charge in [0.15, 0.2) is 5.13 Å². The molecule has 3 rings (SSSR count). The summed E-state index contributed by atoms with van der Waals surface area (Å²) in [4.78, 5) is 17.2. The predicted octanol–water partition coefficient (Wildman–Crippen LogP) is 5.01. The van der Waals surface area contributed by atoms with Crippen molar-refractivity contribution in [3.63, 3.8) is 0 Å². The van der Waals surface area contributed by atoms with Crippen LogP contribution < -0.4 is 5.32 Å². The van der Waals surface area contributed by atoms with Crippen molar-refractivity contribution in [1.29, 1.82) is 0 Å². The van der Waals surface area contributed by atoms with Crippen molar-refractivity contribution in [1.82, 2.24) is 4.98 Å². The van der Waals surface area contributed by atoms with E-state index in [1.807, 2.05) is 30.3 Å². The van der Waals surface area contributed by atoms with E-state index in [0.29, 0.717) is 11.6 Å². The Kier molecular flexibility index (Phi) is 4.85. The maximum absolute atomic E-state index is 12.7. The third-order valence-electron chi connectivity index (χ3n) is 3.45. The van der Waals surface area contributed by atoms with Crippen molar-refractivity contribution >= 4 is 22.4 Å². The number of alkyl halides is 3. The summed E-state index contributed by atoms with van der Waals surface area (Å²) in [7, 11) is 0. The molecule has 0 bridgehead atoms. The van der Waals surface area contributed by atoms with Crippen LogP contribution in [0.2, 0.25) is 0 Å². The average Bonchev–Trinajstić information content (AvgIpc) is 3.02. The van der Waals surface area contributed by atoms with Gasteiger partial charge in [0.2, 0.25) is 0 Å².